The van der Waals surface area contributed by atoms with Gasteiger partial charge in [0.15, 0.2) is 0 Å². The van der Waals surface area contributed by atoms with E-state index < -0.39 is 0 Å². The van der Waals surface area contributed by atoms with Gasteiger partial charge in [0.1, 0.15) is 0 Å². The SMILES string of the molecule is CN(Cc1cccc(N)c1)c1cccc(Cl)c1. The molecule has 0 unspecified atom stereocenters. The van der Waals surface area contributed by atoms with Gasteiger partial charge in [-0.05, 0) is 35.9 Å². The maximum absolute atomic E-state index is 5.97. The van der Waals surface area contributed by atoms with Gasteiger partial charge in [-0.2, -0.15) is 0 Å². The van der Waals surface area contributed by atoms with E-state index in [9.17, 15) is 0 Å². The number of nitrogen functional groups attached to an aromatic ring is 1. The molecule has 0 spiro atoms. The fourth-order valence-corrected chi connectivity index (χ4v) is 1.95. The number of benzene rings is 2. The summed E-state index contributed by atoms with van der Waals surface area (Å²) in [4.78, 5) is 2.14. The quantitative estimate of drug-likeness (QED) is 0.840. The van der Waals surface area contributed by atoms with Crippen LogP contribution in [-0.4, -0.2) is 7.05 Å². The Bertz CT molecular complexity index is 511. The zero-order valence-electron chi connectivity index (χ0n) is 9.73. The Hall–Kier alpha value is -1.67. The van der Waals surface area contributed by atoms with Gasteiger partial charge in [0.25, 0.3) is 0 Å². The highest BCUT2D eigenvalue weighted by atomic mass is 35.5. The average molecular weight is 247 g/mol. The van der Waals surface area contributed by atoms with Crippen molar-refractivity contribution in [2.24, 2.45) is 0 Å². The molecule has 2 aromatic rings. The molecule has 0 amide bonds. The normalized spacial score (nSPS) is 10.2. The molecule has 0 fully saturated rings. The third-order valence-electron chi connectivity index (χ3n) is 2.62. The van der Waals surface area contributed by atoms with Crippen LogP contribution in [0.2, 0.25) is 5.02 Å². The highest BCUT2D eigenvalue weighted by Gasteiger charge is 2.02. The molecule has 2 aromatic carbocycles. The van der Waals surface area contributed by atoms with E-state index in [0.29, 0.717) is 0 Å². The minimum Gasteiger partial charge on any atom is -0.399 e. The molecule has 0 radical (unpaired) electrons. The Kier molecular flexibility index (Phi) is 3.55. The average Bonchev–Trinajstić information content (AvgIpc) is 2.29. The van der Waals surface area contributed by atoms with Crippen LogP contribution < -0.4 is 10.6 Å². The Balaban J connectivity index is 2.14. The summed E-state index contributed by atoms with van der Waals surface area (Å²) in [7, 11) is 2.04. The van der Waals surface area contributed by atoms with Gasteiger partial charge in [-0.3, -0.25) is 0 Å². The highest BCUT2D eigenvalue weighted by molar-refractivity contribution is 6.30. The van der Waals surface area contributed by atoms with Crippen LogP contribution in [0.15, 0.2) is 48.5 Å². The van der Waals surface area contributed by atoms with Crippen LogP contribution >= 0.6 is 11.6 Å². The fraction of sp³-hybridized carbons (Fsp3) is 0.143. The molecule has 2 rings (SSSR count). The Morgan fingerprint density at radius 1 is 1.12 bits per heavy atom. The van der Waals surface area contributed by atoms with Crippen LogP contribution in [-0.2, 0) is 6.54 Å². The second-order valence-electron chi connectivity index (χ2n) is 4.08. The third-order valence-corrected chi connectivity index (χ3v) is 2.85. The van der Waals surface area contributed by atoms with E-state index in [4.69, 9.17) is 17.3 Å². The van der Waals surface area contributed by atoms with Gasteiger partial charge in [-0.1, -0.05) is 29.8 Å². The number of nitrogens with zero attached hydrogens (tertiary/aromatic N) is 1. The summed E-state index contributed by atoms with van der Waals surface area (Å²) >= 11 is 5.97. The van der Waals surface area contributed by atoms with Gasteiger partial charge in [0.05, 0.1) is 0 Å². The molecule has 0 aromatic heterocycles. The largest absolute Gasteiger partial charge is 0.399 e. The van der Waals surface area contributed by atoms with Crippen molar-refractivity contribution in [3.8, 4) is 0 Å². The monoisotopic (exact) mass is 246 g/mol. The molecule has 0 bridgehead atoms. The zero-order valence-corrected chi connectivity index (χ0v) is 10.5. The number of anilines is 2. The minimum absolute atomic E-state index is 0.752. The molecule has 0 heterocycles. The summed E-state index contributed by atoms with van der Waals surface area (Å²) in [5.74, 6) is 0. The van der Waals surface area contributed by atoms with Crippen LogP contribution in [0, 0.1) is 0 Å². The molecule has 3 heteroatoms. The number of halogens is 1. The van der Waals surface area contributed by atoms with Crippen molar-refractivity contribution in [2.45, 2.75) is 6.54 Å². The molecular formula is C14H15ClN2. The van der Waals surface area contributed by atoms with E-state index >= 15 is 0 Å². The second kappa shape index (κ2) is 5.11. The van der Waals surface area contributed by atoms with Crippen LogP contribution in [0.4, 0.5) is 11.4 Å². The third kappa shape index (κ3) is 3.14. The summed E-state index contributed by atoms with van der Waals surface area (Å²) < 4.78 is 0. The van der Waals surface area contributed by atoms with Crippen molar-refractivity contribution in [2.75, 3.05) is 17.7 Å². The maximum atomic E-state index is 5.97. The van der Waals surface area contributed by atoms with Crippen molar-refractivity contribution in [1.82, 2.24) is 0 Å². The van der Waals surface area contributed by atoms with E-state index in [2.05, 4.69) is 11.0 Å². The van der Waals surface area contributed by atoms with Crippen molar-refractivity contribution in [3.63, 3.8) is 0 Å². The van der Waals surface area contributed by atoms with E-state index in [1.807, 2.05) is 49.5 Å². The summed E-state index contributed by atoms with van der Waals surface area (Å²) in [6, 6.07) is 15.7. The van der Waals surface area contributed by atoms with E-state index in [1.165, 1.54) is 5.56 Å². The first-order chi connectivity index (χ1) is 8.15. The van der Waals surface area contributed by atoms with Gasteiger partial charge in [-0.25, -0.2) is 0 Å². The van der Waals surface area contributed by atoms with Crippen molar-refractivity contribution >= 4 is 23.0 Å². The van der Waals surface area contributed by atoms with E-state index in [0.717, 1.165) is 22.9 Å². The van der Waals surface area contributed by atoms with E-state index in [1.54, 1.807) is 0 Å². The first kappa shape index (κ1) is 11.8. The zero-order chi connectivity index (χ0) is 12.3. The maximum Gasteiger partial charge on any atom is 0.0426 e. The van der Waals surface area contributed by atoms with Gasteiger partial charge < -0.3 is 10.6 Å². The predicted octanol–water partition coefficient (Wildman–Crippen LogP) is 3.56. The molecule has 17 heavy (non-hydrogen) atoms. The number of rotatable bonds is 3. The number of hydrogen-bond donors (Lipinski definition) is 1. The Labute approximate surface area is 107 Å². The first-order valence-electron chi connectivity index (χ1n) is 5.46. The lowest BCUT2D eigenvalue weighted by molar-refractivity contribution is 0.924. The molecule has 0 aliphatic carbocycles. The second-order valence-corrected chi connectivity index (χ2v) is 4.52. The van der Waals surface area contributed by atoms with Crippen molar-refractivity contribution in [3.05, 3.63) is 59.1 Å². The Morgan fingerprint density at radius 2 is 1.88 bits per heavy atom. The highest BCUT2D eigenvalue weighted by Crippen LogP contribution is 2.20. The van der Waals surface area contributed by atoms with Crippen LogP contribution in [0.3, 0.4) is 0 Å². The lowest BCUT2D eigenvalue weighted by atomic mass is 10.2. The lowest BCUT2D eigenvalue weighted by Crippen LogP contribution is -2.16. The smallest absolute Gasteiger partial charge is 0.0426 e. The first-order valence-corrected chi connectivity index (χ1v) is 5.84. The number of nitrogens with two attached hydrogens (primary N) is 1. The molecule has 2 N–H and O–H groups in total. The summed E-state index contributed by atoms with van der Waals surface area (Å²) in [5, 5.41) is 0.752. The van der Waals surface area contributed by atoms with Gasteiger partial charge in [0.2, 0.25) is 0 Å². The topological polar surface area (TPSA) is 29.3 Å². The van der Waals surface area contributed by atoms with Crippen molar-refractivity contribution < 1.29 is 0 Å². The fourth-order valence-electron chi connectivity index (χ4n) is 1.77. The van der Waals surface area contributed by atoms with E-state index in [-0.39, 0.29) is 0 Å². The van der Waals surface area contributed by atoms with Gasteiger partial charge >= 0.3 is 0 Å². The van der Waals surface area contributed by atoms with Gasteiger partial charge in [-0.15, -0.1) is 0 Å². The van der Waals surface area contributed by atoms with Crippen LogP contribution in [0.5, 0.6) is 0 Å². The van der Waals surface area contributed by atoms with Gasteiger partial charge in [0, 0.05) is 30.0 Å². The molecule has 0 aliphatic heterocycles. The molecule has 2 nitrogen and oxygen atoms in total. The summed E-state index contributed by atoms with van der Waals surface area (Å²) in [6.07, 6.45) is 0. The van der Waals surface area contributed by atoms with Crippen molar-refractivity contribution in [1.29, 1.82) is 0 Å². The van der Waals surface area contributed by atoms with Crippen LogP contribution in [0.1, 0.15) is 5.56 Å². The Morgan fingerprint density at radius 3 is 2.59 bits per heavy atom. The molecule has 0 saturated carbocycles. The minimum atomic E-state index is 0.752. The molecular weight excluding hydrogens is 232 g/mol. The predicted molar refractivity (Wildman–Crippen MR) is 74.4 cm³/mol. The molecule has 88 valence electrons. The summed E-state index contributed by atoms with van der Waals surface area (Å²) in [5.41, 5.74) is 8.84. The number of hydrogen-bond acceptors (Lipinski definition) is 2. The van der Waals surface area contributed by atoms with Crippen LogP contribution in [0.25, 0.3) is 0 Å². The molecule has 0 aliphatic rings. The molecule has 0 saturated heterocycles. The standard InChI is InChI=1S/C14H15ClN2/c1-17(14-7-3-5-12(15)9-14)10-11-4-2-6-13(16)8-11/h2-9H,10,16H2,1H3. The molecule has 0 atom stereocenters. The summed E-state index contributed by atoms with van der Waals surface area (Å²) in [6.45, 7) is 0.811. The lowest BCUT2D eigenvalue weighted by Gasteiger charge is -2.19.